The van der Waals surface area contributed by atoms with Crippen LogP contribution in [0.3, 0.4) is 0 Å². The fourth-order valence-electron chi connectivity index (χ4n) is 1.39. The average Bonchev–Trinajstić information content (AvgIpc) is 2.16. The fraction of sp³-hybridized carbons (Fsp3) is 0. The van der Waals surface area contributed by atoms with Gasteiger partial charge in [-0.15, -0.1) is 0 Å². The summed E-state index contributed by atoms with van der Waals surface area (Å²) in [7, 11) is 0. The van der Waals surface area contributed by atoms with Crippen molar-refractivity contribution in [3.8, 4) is 5.75 Å². The van der Waals surface area contributed by atoms with Crippen LogP contribution in [0.1, 0.15) is 10.4 Å². The number of carboxylic acid groups (broad SMARTS) is 1. The molecular formula is C11H7LiO3. The van der Waals surface area contributed by atoms with Gasteiger partial charge in [-0.3, -0.25) is 0 Å². The number of phenols is 1. The maximum Gasteiger partial charge on any atom is 1.00 e. The zero-order valence-corrected chi connectivity index (χ0v) is 8.23. The first-order valence-corrected chi connectivity index (χ1v) is 4.11. The number of carbonyl (C=O) groups is 1. The van der Waals surface area contributed by atoms with Gasteiger partial charge in [-0.2, -0.15) is 0 Å². The van der Waals surface area contributed by atoms with Crippen LogP contribution >= 0.6 is 0 Å². The van der Waals surface area contributed by atoms with Crippen molar-refractivity contribution in [2.24, 2.45) is 0 Å². The number of carboxylic acids is 1. The smallest absolute Gasteiger partial charge is 0.545 e. The van der Waals surface area contributed by atoms with Crippen LogP contribution in [0, 0.1) is 0 Å². The first-order valence-electron chi connectivity index (χ1n) is 4.11. The number of rotatable bonds is 1. The standard InChI is InChI=1S/C11H8O3.Li/c12-10-6-8-4-2-1-3-7(8)5-9(10)11(13)14;/h1-6,12H,(H,13,14);/q;+1/p-1. The maximum absolute atomic E-state index is 10.6. The number of hydrogen-bond acceptors (Lipinski definition) is 3. The van der Waals surface area contributed by atoms with Crippen molar-refractivity contribution in [3.05, 3.63) is 42.0 Å². The molecule has 0 heterocycles. The van der Waals surface area contributed by atoms with Gasteiger partial charge in [0.05, 0.1) is 5.97 Å². The number of carbonyl (C=O) groups excluding carboxylic acids is 1. The van der Waals surface area contributed by atoms with Crippen LogP contribution in [0.2, 0.25) is 0 Å². The summed E-state index contributed by atoms with van der Waals surface area (Å²) in [6.45, 7) is 0. The molecule has 0 spiro atoms. The molecule has 0 aromatic heterocycles. The van der Waals surface area contributed by atoms with Gasteiger partial charge in [0.2, 0.25) is 0 Å². The largest absolute Gasteiger partial charge is 1.00 e. The molecule has 0 amide bonds. The van der Waals surface area contributed by atoms with Gasteiger partial charge in [-0.1, -0.05) is 24.3 Å². The van der Waals surface area contributed by atoms with Crippen molar-refractivity contribution in [2.75, 3.05) is 0 Å². The van der Waals surface area contributed by atoms with Gasteiger partial charge in [0.25, 0.3) is 0 Å². The number of benzene rings is 2. The van der Waals surface area contributed by atoms with Crippen LogP contribution in [0.25, 0.3) is 10.8 Å². The number of hydrogen-bond donors (Lipinski definition) is 1. The molecule has 0 aliphatic carbocycles. The van der Waals surface area contributed by atoms with E-state index in [9.17, 15) is 15.0 Å². The second kappa shape index (κ2) is 4.39. The predicted molar refractivity (Wildman–Crippen MR) is 49.9 cm³/mol. The molecule has 2 rings (SSSR count). The van der Waals surface area contributed by atoms with Gasteiger partial charge in [0.1, 0.15) is 5.75 Å². The summed E-state index contributed by atoms with van der Waals surface area (Å²) in [5, 5.41) is 21.5. The van der Waals surface area contributed by atoms with Crippen molar-refractivity contribution >= 4 is 16.7 Å². The minimum Gasteiger partial charge on any atom is -0.545 e. The van der Waals surface area contributed by atoms with E-state index >= 15 is 0 Å². The monoisotopic (exact) mass is 194 g/mol. The quantitative estimate of drug-likeness (QED) is 0.530. The van der Waals surface area contributed by atoms with Crippen LogP contribution in [-0.2, 0) is 0 Å². The van der Waals surface area contributed by atoms with Crippen LogP contribution in [0.4, 0.5) is 0 Å². The average molecular weight is 194 g/mol. The normalized spacial score (nSPS) is 9.60. The molecule has 3 nitrogen and oxygen atoms in total. The summed E-state index contributed by atoms with van der Waals surface area (Å²) in [5.41, 5.74) is -0.177. The molecule has 0 aliphatic rings. The molecule has 4 heteroatoms. The maximum atomic E-state index is 10.6. The van der Waals surface area contributed by atoms with Crippen molar-refractivity contribution < 1.29 is 33.9 Å². The van der Waals surface area contributed by atoms with Crippen LogP contribution < -0.4 is 24.0 Å². The fourth-order valence-corrected chi connectivity index (χ4v) is 1.39. The van der Waals surface area contributed by atoms with E-state index in [2.05, 4.69) is 0 Å². The second-order valence-corrected chi connectivity index (χ2v) is 3.00. The molecule has 0 saturated heterocycles. The van der Waals surface area contributed by atoms with E-state index in [1.165, 1.54) is 12.1 Å². The minimum absolute atomic E-state index is 0. The molecule has 0 bridgehead atoms. The van der Waals surface area contributed by atoms with Crippen LogP contribution in [0.15, 0.2) is 36.4 Å². The Hall–Kier alpha value is -1.43. The van der Waals surface area contributed by atoms with Crippen molar-refractivity contribution in [2.45, 2.75) is 0 Å². The van der Waals surface area contributed by atoms with E-state index in [-0.39, 0.29) is 30.2 Å². The van der Waals surface area contributed by atoms with Gasteiger partial charge in [-0.05, 0) is 22.9 Å². The van der Waals surface area contributed by atoms with Gasteiger partial charge in [0, 0.05) is 5.56 Å². The summed E-state index contributed by atoms with van der Waals surface area (Å²) in [6.07, 6.45) is 0. The number of fused-ring (bicyclic) bond motifs is 1. The predicted octanol–water partition coefficient (Wildman–Crippen LogP) is -2.09. The third kappa shape index (κ3) is 2.15. The first-order chi connectivity index (χ1) is 6.68. The summed E-state index contributed by atoms with van der Waals surface area (Å²) in [4.78, 5) is 10.6. The van der Waals surface area contributed by atoms with Crippen LogP contribution in [0.5, 0.6) is 5.75 Å². The summed E-state index contributed by atoms with van der Waals surface area (Å²) in [5.74, 6) is -1.63. The van der Waals surface area contributed by atoms with E-state index in [1.807, 2.05) is 6.07 Å². The summed E-state index contributed by atoms with van der Waals surface area (Å²) < 4.78 is 0. The molecular weight excluding hydrogens is 187 g/mol. The van der Waals surface area contributed by atoms with Gasteiger partial charge in [0.15, 0.2) is 0 Å². The third-order valence-electron chi connectivity index (χ3n) is 2.08. The molecule has 70 valence electrons. The van der Waals surface area contributed by atoms with E-state index in [0.29, 0.717) is 0 Å². The molecule has 0 fully saturated rings. The Kier molecular flexibility index (Phi) is 3.41. The Bertz CT molecular complexity index is 508. The zero-order chi connectivity index (χ0) is 10.1. The van der Waals surface area contributed by atoms with Crippen molar-refractivity contribution in [1.29, 1.82) is 0 Å². The molecule has 15 heavy (non-hydrogen) atoms. The molecule has 0 atom stereocenters. The van der Waals surface area contributed by atoms with Crippen LogP contribution in [-0.4, -0.2) is 11.1 Å². The summed E-state index contributed by atoms with van der Waals surface area (Å²) >= 11 is 0. The Morgan fingerprint density at radius 1 is 1.13 bits per heavy atom. The number of aromatic hydroxyl groups is 1. The molecule has 0 radical (unpaired) electrons. The van der Waals surface area contributed by atoms with Crippen molar-refractivity contribution in [3.63, 3.8) is 0 Å². The van der Waals surface area contributed by atoms with Crippen molar-refractivity contribution in [1.82, 2.24) is 0 Å². The number of aromatic carboxylic acids is 1. The van der Waals surface area contributed by atoms with E-state index in [0.717, 1.165) is 10.8 Å². The van der Waals surface area contributed by atoms with Gasteiger partial charge >= 0.3 is 18.9 Å². The SMILES string of the molecule is O=C([O-])c1cc2ccccc2cc1O.[Li+]. The Morgan fingerprint density at radius 3 is 2.20 bits per heavy atom. The minimum atomic E-state index is -1.37. The van der Waals surface area contributed by atoms with Gasteiger partial charge < -0.3 is 15.0 Å². The van der Waals surface area contributed by atoms with E-state index in [1.54, 1.807) is 18.2 Å². The zero-order valence-electron chi connectivity index (χ0n) is 8.23. The first kappa shape index (κ1) is 11.6. The Labute approximate surface area is 98.5 Å². The Balaban J connectivity index is 0.00000112. The molecule has 1 N–H and O–H groups in total. The topological polar surface area (TPSA) is 60.4 Å². The Morgan fingerprint density at radius 2 is 1.67 bits per heavy atom. The van der Waals surface area contributed by atoms with E-state index < -0.39 is 5.97 Å². The summed E-state index contributed by atoms with van der Waals surface area (Å²) in [6, 6.07) is 10.0. The molecule has 0 aliphatic heterocycles. The van der Waals surface area contributed by atoms with Gasteiger partial charge in [-0.25, -0.2) is 0 Å². The molecule has 0 saturated carbocycles. The second-order valence-electron chi connectivity index (χ2n) is 3.00. The van der Waals surface area contributed by atoms with E-state index in [4.69, 9.17) is 0 Å². The molecule has 2 aromatic rings. The molecule has 2 aromatic carbocycles. The third-order valence-corrected chi connectivity index (χ3v) is 2.08. The molecule has 0 unspecified atom stereocenters.